The van der Waals surface area contributed by atoms with Gasteiger partial charge in [-0.1, -0.05) is 42.4 Å². The van der Waals surface area contributed by atoms with Crippen LogP contribution < -0.4 is 5.32 Å². The summed E-state index contributed by atoms with van der Waals surface area (Å²) in [4.78, 5) is 16.9. The molecule has 0 unspecified atom stereocenters. The van der Waals surface area contributed by atoms with Crippen LogP contribution in [0.15, 0.2) is 40.9 Å². The second kappa shape index (κ2) is 11.2. The van der Waals surface area contributed by atoms with Gasteiger partial charge >= 0.3 is 0 Å². The van der Waals surface area contributed by atoms with Crippen LogP contribution in [0.1, 0.15) is 55.1 Å². The molecular weight excluding hydrogens is 452 g/mol. The predicted octanol–water partition coefficient (Wildman–Crippen LogP) is 4.76. The zero-order chi connectivity index (χ0) is 23.2. The number of nitrogens with zero attached hydrogens (tertiary/aromatic N) is 5. The Labute approximate surface area is 204 Å². The van der Waals surface area contributed by atoms with E-state index in [1.807, 2.05) is 10.8 Å². The van der Waals surface area contributed by atoms with Crippen LogP contribution in [0.25, 0.3) is 5.69 Å². The third-order valence-electron chi connectivity index (χ3n) is 5.93. The summed E-state index contributed by atoms with van der Waals surface area (Å²) >= 11 is 3.12. The number of carbonyl (C=O) groups excluding carboxylic acids is 1. The number of thioether (sulfide) groups is 2. The van der Waals surface area contributed by atoms with Gasteiger partial charge in [-0.05, 0) is 62.6 Å². The number of imidazole rings is 1. The smallest absolute Gasteiger partial charge is 0.230 e. The van der Waals surface area contributed by atoms with E-state index < -0.39 is 0 Å². The summed E-state index contributed by atoms with van der Waals surface area (Å²) in [5, 5.41) is 13.7. The monoisotopic (exact) mass is 484 g/mol. The van der Waals surface area contributed by atoms with Crippen molar-refractivity contribution in [1.82, 2.24) is 29.6 Å². The number of rotatable bonds is 10. The van der Waals surface area contributed by atoms with Crippen molar-refractivity contribution in [3.05, 3.63) is 47.5 Å². The van der Waals surface area contributed by atoms with Gasteiger partial charge in [0.1, 0.15) is 5.82 Å². The topological polar surface area (TPSA) is 77.6 Å². The van der Waals surface area contributed by atoms with Gasteiger partial charge in [0.05, 0.1) is 5.75 Å². The molecule has 1 aliphatic carbocycles. The van der Waals surface area contributed by atoms with E-state index in [9.17, 15) is 4.79 Å². The Morgan fingerprint density at radius 2 is 1.88 bits per heavy atom. The first-order valence-electron chi connectivity index (χ1n) is 11.5. The van der Waals surface area contributed by atoms with Gasteiger partial charge in [0.2, 0.25) is 5.91 Å². The van der Waals surface area contributed by atoms with Crippen molar-refractivity contribution in [3.8, 4) is 5.69 Å². The van der Waals surface area contributed by atoms with Crippen molar-refractivity contribution in [2.75, 3.05) is 18.6 Å². The maximum absolute atomic E-state index is 12.4. The summed E-state index contributed by atoms with van der Waals surface area (Å²) in [5.41, 5.74) is 3.49. The molecule has 0 radical (unpaired) electrons. The lowest BCUT2D eigenvalue weighted by atomic mass is 10.1. The number of benzene rings is 1. The summed E-state index contributed by atoms with van der Waals surface area (Å²) in [7, 11) is 0. The molecule has 1 fully saturated rings. The zero-order valence-electron chi connectivity index (χ0n) is 19.6. The summed E-state index contributed by atoms with van der Waals surface area (Å²) in [6.07, 6.45) is 12.5. The number of aromatic nitrogens is 5. The molecule has 1 aromatic carbocycles. The molecular formula is C24H32N6OS2. The van der Waals surface area contributed by atoms with Crippen LogP contribution in [0.2, 0.25) is 0 Å². The molecule has 0 bridgehead atoms. The van der Waals surface area contributed by atoms with Crippen LogP contribution in [-0.4, -0.2) is 48.8 Å². The van der Waals surface area contributed by atoms with E-state index >= 15 is 0 Å². The highest BCUT2D eigenvalue weighted by Gasteiger charge is 2.23. The van der Waals surface area contributed by atoms with Crippen LogP contribution in [0.5, 0.6) is 0 Å². The second-order valence-corrected chi connectivity index (χ2v) is 10.3. The molecule has 1 N–H and O–H groups in total. The molecule has 7 nitrogen and oxygen atoms in total. The molecule has 1 aliphatic rings. The van der Waals surface area contributed by atoms with E-state index in [-0.39, 0.29) is 5.91 Å². The Morgan fingerprint density at radius 3 is 2.61 bits per heavy atom. The fraction of sp³-hybridized carbons (Fsp3) is 0.500. The summed E-state index contributed by atoms with van der Waals surface area (Å²) in [5.74, 6) is 1.42. The lowest BCUT2D eigenvalue weighted by molar-refractivity contribution is -0.118. The van der Waals surface area contributed by atoms with Gasteiger partial charge < -0.3 is 9.88 Å². The normalized spacial score (nSPS) is 14.2. The molecule has 0 spiro atoms. The lowest BCUT2D eigenvalue weighted by Crippen LogP contribution is -2.27. The van der Waals surface area contributed by atoms with E-state index in [4.69, 9.17) is 0 Å². The van der Waals surface area contributed by atoms with Crippen molar-refractivity contribution in [1.29, 1.82) is 0 Å². The van der Waals surface area contributed by atoms with Crippen LogP contribution in [0.3, 0.4) is 0 Å². The highest BCUT2D eigenvalue weighted by molar-refractivity contribution is 7.99. The van der Waals surface area contributed by atoms with E-state index in [1.54, 1.807) is 18.0 Å². The van der Waals surface area contributed by atoms with Crippen LogP contribution in [0, 0.1) is 13.8 Å². The largest absolute Gasteiger partial charge is 0.355 e. The summed E-state index contributed by atoms with van der Waals surface area (Å²) in [6.45, 7) is 4.81. The van der Waals surface area contributed by atoms with Gasteiger partial charge in [0, 0.05) is 37.1 Å². The van der Waals surface area contributed by atoms with Gasteiger partial charge in [-0.15, -0.1) is 10.2 Å². The first-order chi connectivity index (χ1) is 16.0. The SMILES string of the molecule is CSc1nnc(CCCNC(=O)CSc2nccn2-c2cc(C)cc(C)c2)n1C1CCCC1. The molecule has 1 saturated carbocycles. The molecule has 0 atom stereocenters. The number of carbonyl (C=O) groups is 1. The van der Waals surface area contributed by atoms with Crippen LogP contribution >= 0.6 is 23.5 Å². The fourth-order valence-corrected chi connectivity index (χ4v) is 5.86. The highest BCUT2D eigenvalue weighted by atomic mass is 32.2. The molecule has 9 heteroatoms. The van der Waals surface area contributed by atoms with Gasteiger partial charge in [-0.2, -0.15) is 0 Å². The van der Waals surface area contributed by atoms with E-state index in [2.05, 4.69) is 63.4 Å². The van der Waals surface area contributed by atoms with E-state index in [1.165, 1.54) is 48.6 Å². The third-order valence-corrected chi connectivity index (χ3v) is 7.54. The number of amides is 1. The molecule has 176 valence electrons. The van der Waals surface area contributed by atoms with Gasteiger partial charge in [0.15, 0.2) is 10.3 Å². The molecule has 0 aliphatic heterocycles. The highest BCUT2D eigenvalue weighted by Crippen LogP contribution is 2.33. The first kappa shape index (κ1) is 23.9. The average Bonchev–Trinajstić information content (AvgIpc) is 3.54. The average molecular weight is 485 g/mol. The van der Waals surface area contributed by atoms with Crippen LogP contribution in [0.4, 0.5) is 0 Å². The van der Waals surface area contributed by atoms with Crippen molar-refractivity contribution >= 4 is 29.4 Å². The zero-order valence-corrected chi connectivity index (χ0v) is 21.2. The van der Waals surface area contributed by atoms with Gasteiger partial charge in [0.25, 0.3) is 0 Å². The van der Waals surface area contributed by atoms with Gasteiger partial charge in [-0.3, -0.25) is 9.36 Å². The minimum Gasteiger partial charge on any atom is -0.355 e. The number of aryl methyl sites for hydroxylation is 3. The van der Waals surface area contributed by atoms with E-state index in [0.29, 0.717) is 18.3 Å². The minimum atomic E-state index is 0.0250. The molecule has 33 heavy (non-hydrogen) atoms. The van der Waals surface area contributed by atoms with Gasteiger partial charge in [-0.25, -0.2) is 4.98 Å². The fourth-order valence-electron chi connectivity index (χ4n) is 4.48. The number of nitrogens with one attached hydrogen (secondary N) is 1. The lowest BCUT2D eigenvalue weighted by Gasteiger charge is -2.16. The second-order valence-electron chi connectivity index (χ2n) is 8.58. The van der Waals surface area contributed by atoms with E-state index in [0.717, 1.165) is 34.7 Å². The molecule has 4 rings (SSSR count). The molecule has 1 amide bonds. The Kier molecular flexibility index (Phi) is 8.14. The van der Waals surface area contributed by atoms with Crippen molar-refractivity contribution in [3.63, 3.8) is 0 Å². The van der Waals surface area contributed by atoms with Crippen LogP contribution in [-0.2, 0) is 11.2 Å². The Morgan fingerprint density at radius 1 is 1.12 bits per heavy atom. The molecule has 2 heterocycles. The molecule has 0 saturated heterocycles. The Bertz CT molecular complexity index is 1070. The Hall–Kier alpha value is -2.26. The Balaban J connectivity index is 1.25. The predicted molar refractivity (Wildman–Crippen MR) is 134 cm³/mol. The first-order valence-corrected chi connectivity index (χ1v) is 13.8. The summed E-state index contributed by atoms with van der Waals surface area (Å²) in [6, 6.07) is 6.94. The number of hydrogen-bond donors (Lipinski definition) is 1. The number of hydrogen-bond acceptors (Lipinski definition) is 6. The minimum absolute atomic E-state index is 0.0250. The van der Waals surface area contributed by atoms with Crippen molar-refractivity contribution in [2.24, 2.45) is 0 Å². The standard InChI is InChI=1S/C24H32N6OS2/c1-17-13-18(2)15-20(14-17)29-12-11-26-23(29)33-16-22(31)25-10-6-9-21-27-28-24(32-3)30(21)19-7-4-5-8-19/h11-15,19H,4-10,16H2,1-3H3,(H,25,31). The molecule has 3 aromatic rings. The maximum atomic E-state index is 12.4. The quantitative estimate of drug-likeness (QED) is 0.330. The van der Waals surface area contributed by atoms with Crippen molar-refractivity contribution in [2.45, 2.75) is 68.7 Å². The van der Waals surface area contributed by atoms with Crippen molar-refractivity contribution < 1.29 is 4.79 Å². The maximum Gasteiger partial charge on any atom is 0.230 e. The molecule has 2 aromatic heterocycles. The summed E-state index contributed by atoms with van der Waals surface area (Å²) < 4.78 is 4.37. The third kappa shape index (κ3) is 6.00.